The van der Waals surface area contributed by atoms with Gasteiger partial charge in [0.15, 0.2) is 0 Å². The number of sulfonamides is 1. The van der Waals surface area contributed by atoms with Gasteiger partial charge >= 0.3 is 6.36 Å². The first kappa shape index (κ1) is 24.2. The van der Waals surface area contributed by atoms with E-state index in [2.05, 4.69) is 9.72 Å². The molecule has 4 rings (SSSR count). The third kappa shape index (κ3) is 5.24. The normalized spacial score (nSPS) is 19.3. The van der Waals surface area contributed by atoms with Crippen LogP contribution in [0.2, 0.25) is 0 Å². The molecule has 0 bridgehead atoms. The maximum absolute atomic E-state index is 13.9. The van der Waals surface area contributed by atoms with Crippen LogP contribution in [-0.2, 0) is 34.1 Å². The van der Waals surface area contributed by atoms with Crippen molar-refractivity contribution in [2.24, 2.45) is 0 Å². The highest BCUT2D eigenvalue weighted by Crippen LogP contribution is 2.35. The summed E-state index contributed by atoms with van der Waals surface area (Å²) in [7, 11) is -2.95. The molecule has 2 unspecified atom stereocenters. The summed E-state index contributed by atoms with van der Waals surface area (Å²) in [4.78, 5) is 3.84. The average Bonchev–Trinajstić information content (AvgIpc) is 2.96. The first-order valence-corrected chi connectivity index (χ1v) is 12.0. The van der Waals surface area contributed by atoms with Crippen LogP contribution in [0.1, 0.15) is 16.8 Å². The largest absolute Gasteiger partial charge is 0.573 e. The van der Waals surface area contributed by atoms with E-state index in [0.717, 1.165) is 17.7 Å². The third-order valence-electron chi connectivity index (χ3n) is 5.76. The summed E-state index contributed by atoms with van der Waals surface area (Å²) < 4.78 is 78.0. The van der Waals surface area contributed by atoms with Gasteiger partial charge in [0.1, 0.15) is 10.6 Å². The maximum atomic E-state index is 13.9. The van der Waals surface area contributed by atoms with Gasteiger partial charge in [-0.2, -0.15) is 4.31 Å². The average molecular weight is 493 g/mol. The Morgan fingerprint density at radius 2 is 1.74 bits per heavy atom. The first-order chi connectivity index (χ1) is 16.2. The van der Waals surface area contributed by atoms with Crippen molar-refractivity contribution >= 4 is 10.0 Å². The molecule has 3 aromatic rings. The highest BCUT2D eigenvalue weighted by molar-refractivity contribution is 7.89. The minimum atomic E-state index is -5.04. The minimum Gasteiger partial charge on any atom is -0.404 e. The summed E-state index contributed by atoms with van der Waals surface area (Å²) in [6, 6.07) is 16.8. The summed E-state index contributed by atoms with van der Waals surface area (Å²) in [6.45, 7) is -0.0663. The molecule has 10 heteroatoms. The predicted molar refractivity (Wildman–Crippen MR) is 119 cm³/mol. The van der Waals surface area contributed by atoms with Crippen molar-refractivity contribution in [2.75, 3.05) is 7.11 Å². The van der Waals surface area contributed by atoms with Gasteiger partial charge in [-0.1, -0.05) is 48.5 Å². The van der Waals surface area contributed by atoms with Crippen LogP contribution in [0.5, 0.6) is 5.75 Å². The Labute approximate surface area is 196 Å². The number of ether oxygens (including phenoxy) is 2. The molecule has 0 N–H and O–H groups in total. The lowest BCUT2D eigenvalue weighted by Crippen LogP contribution is -2.48. The van der Waals surface area contributed by atoms with Crippen LogP contribution >= 0.6 is 0 Å². The molecule has 0 spiro atoms. The van der Waals surface area contributed by atoms with Gasteiger partial charge in [0.25, 0.3) is 0 Å². The number of rotatable bonds is 6. The lowest BCUT2D eigenvalue weighted by Gasteiger charge is -2.34. The van der Waals surface area contributed by atoms with Gasteiger partial charge in [0.05, 0.1) is 12.1 Å². The molecule has 2 heterocycles. The van der Waals surface area contributed by atoms with Crippen LogP contribution in [-0.4, -0.2) is 43.3 Å². The van der Waals surface area contributed by atoms with Gasteiger partial charge < -0.3 is 9.47 Å². The smallest absolute Gasteiger partial charge is 0.404 e. The number of alkyl halides is 3. The monoisotopic (exact) mass is 492 g/mol. The molecule has 0 aliphatic carbocycles. The van der Waals surface area contributed by atoms with Crippen LogP contribution in [0.25, 0.3) is 0 Å². The molecule has 1 aromatic heterocycles. The number of para-hydroxylation sites is 1. The molecular formula is C24H23F3N2O4S. The number of fused-ring (bicyclic) bond motifs is 1. The van der Waals surface area contributed by atoms with Crippen LogP contribution < -0.4 is 4.74 Å². The molecule has 0 saturated heterocycles. The lowest BCUT2D eigenvalue weighted by molar-refractivity contribution is -0.275. The molecule has 0 amide bonds. The number of halogens is 3. The van der Waals surface area contributed by atoms with E-state index >= 15 is 0 Å². The molecule has 0 radical (unpaired) electrons. The number of benzene rings is 2. The highest BCUT2D eigenvalue weighted by atomic mass is 32.2. The van der Waals surface area contributed by atoms with Crippen molar-refractivity contribution < 1.29 is 31.1 Å². The molecule has 2 aromatic carbocycles. The fourth-order valence-corrected chi connectivity index (χ4v) is 5.93. The highest BCUT2D eigenvalue weighted by Gasteiger charge is 2.42. The molecule has 180 valence electrons. The number of pyridine rings is 1. The van der Waals surface area contributed by atoms with Crippen LogP contribution in [0.3, 0.4) is 0 Å². The summed E-state index contributed by atoms with van der Waals surface area (Å²) in [5.74, 6) is -0.780. The van der Waals surface area contributed by atoms with Crippen molar-refractivity contribution in [1.82, 2.24) is 9.29 Å². The van der Waals surface area contributed by atoms with E-state index in [4.69, 9.17) is 4.74 Å². The molecule has 2 atom stereocenters. The Kier molecular flexibility index (Phi) is 6.92. The van der Waals surface area contributed by atoms with E-state index in [0.29, 0.717) is 24.1 Å². The van der Waals surface area contributed by atoms with Gasteiger partial charge in [-0.3, -0.25) is 4.98 Å². The second-order valence-corrected chi connectivity index (χ2v) is 9.75. The molecule has 6 nitrogen and oxygen atoms in total. The molecular weight excluding hydrogens is 469 g/mol. The maximum Gasteiger partial charge on any atom is 0.573 e. The first-order valence-electron chi connectivity index (χ1n) is 10.5. The van der Waals surface area contributed by atoms with Gasteiger partial charge in [0.2, 0.25) is 10.0 Å². The van der Waals surface area contributed by atoms with E-state index in [9.17, 15) is 21.6 Å². The summed E-state index contributed by atoms with van der Waals surface area (Å²) >= 11 is 0. The molecule has 0 fully saturated rings. The second kappa shape index (κ2) is 9.73. The number of hydrogen-bond donors (Lipinski definition) is 0. The van der Waals surface area contributed by atoms with Crippen LogP contribution in [0, 0.1) is 0 Å². The zero-order valence-corrected chi connectivity index (χ0v) is 19.1. The van der Waals surface area contributed by atoms with E-state index < -0.39 is 39.2 Å². The zero-order valence-electron chi connectivity index (χ0n) is 18.3. The Bertz CT molecular complexity index is 1240. The van der Waals surface area contributed by atoms with Crippen LogP contribution in [0.4, 0.5) is 13.2 Å². The van der Waals surface area contributed by atoms with Gasteiger partial charge in [-0.25, -0.2) is 8.42 Å². The number of aromatic nitrogens is 1. The Morgan fingerprint density at radius 3 is 2.44 bits per heavy atom. The molecule has 34 heavy (non-hydrogen) atoms. The van der Waals surface area contributed by atoms with Crippen molar-refractivity contribution in [3.63, 3.8) is 0 Å². The number of hydrogen-bond acceptors (Lipinski definition) is 5. The molecule has 0 saturated carbocycles. The minimum absolute atomic E-state index is 0.0663. The number of nitrogens with zero attached hydrogens (tertiary/aromatic N) is 2. The van der Waals surface area contributed by atoms with Crippen molar-refractivity contribution in [3.05, 3.63) is 89.7 Å². The summed E-state index contributed by atoms with van der Waals surface area (Å²) in [5, 5.41) is 0. The van der Waals surface area contributed by atoms with E-state index in [-0.39, 0.29) is 6.54 Å². The molecule has 1 aliphatic rings. The molecule has 1 aliphatic heterocycles. The fraction of sp³-hybridized carbons (Fsp3) is 0.292. The quantitative estimate of drug-likeness (QED) is 0.512. The van der Waals surface area contributed by atoms with Gasteiger partial charge in [0, 0.05) is 32.0 Å². The van der Waals surface area contributed by atoms with E-state index in [1.54, 1.807) is 18.3 Å². The summed E-state index contributed by atoms with van der Waals surface area (Å²) in [6.07, 6.45) is -3.35. The van der Waals surface area contributed by atoms with Crippen molar-refractivity contribution in [2.45, 2.75) is 42.8 Å². The summed E-state index contributed by atoms with van der Waals surface area (Å²) in [5.41, 5.74) is 2.22. The second-order valence-electron chi connectivity index (χ2n) is 7.89. The van der Waals surface area contributed by atoms with Gasteiger partial charge in [-0.15, -0.1) is 13.2 Å². The van der Waals surface area contributed by atoms with E-state index in [1.807, 2.05) is 30.3 Å². The topological polar surface area (TPSA) is 68.7 Å². The van der Waals surface area contributed by atoms with Crippen molar-refractivity contribution in [1.29, 1.82) is 0 Å². The predicted octanol–water partition coefficient (Wildman–Crippen LogP) is 4.35. The Balaban J connectivity index is 1.84. The SMILES string of the molecule is COC1Cc2ncccc2CN(S(=O)(=O)c2ccccc2OC(F)(F)F)C1Cc1ccccc1. The Morgan fingerprint density at radius 1 is 1.03 bits per heavy atom. The standard InChI is InChI=1S/C24H23F3N2O4S/c1-32-22-15-19-18(10-7-13-28-19)16-29(20(22)14-17-8-3-2-4-9-17)34(30,31)23-12-6-5-11-21(23)33-24(25,26)27/h2-13,20,22H,14-16H2,1H3. The van der Waals surface area contributed by atoms with E-state index in [1.165, 1.54) is 23.5 Å². The zero-order chi connectivity index (χ0) is 24.3. The lowest BCUT2D eigenvalue weighted by atomic mass is 9.98. The van der Waals surface area contributed by atoms with Gasteiger partial charge in [-0.05, 0) is 35.7 Å². The third-order valence-corrected chi connectivity index (χ3v) is 7.67. The van der Waals surface area contributed by atoms with Crippen LogP contribution in [0.15, 0.2) is 77.8 Å². The Hall–Kier alpha value is -2.95. The number of methoxy groups -OCH3 is 1. The van der Waals surface area contributed by atoms with Crippen molar-refractivity contribution in [3.8, 4) is 5.75 Å². The fourth-order valence-electron chi connectivity index (χ4n) is 4.19.